The molecule has 0 unspecified atom stereocenters. The third-order valence-electron chi connectivity index (χ3n) is 5.73. The first-order chi connectivity index (χ1) is 17.9. The van der Waals surface area contributed by atoms with Crippen LogP contribution in [0.3, 0.4) is 0 Å². The summed E-state index contributed by atoms with van der Waals surface area (Å²) < 4.78 is 68.9. The lowest BCUT2D eigenvalue weighted by Crippen LogP contribution is -2.41. The summed E-state index contributed by atoms with van der Waals surface area (Å²) in [5.41, 5.74) is -0.215. The van der Waals surface area contributed by atoms with Crippen LogP contribution in [-0.4, -0.2) is 42.5 Å². The van der Waals surface area contributed by atoms with Crippen molar-refractivity contribution in [3.05, 3.63) is 101 Å². The smallest absolute Gasteiger partial charge is 0.326 e. The number of sulfonamides is 1. The first kappa shape index (κ1) is 27.0. The number of halogens is 3. The van der Waals surface area contributed by atoms with Gasteiger partial charge in [-0.1, -0.05) is 18.2 Å². The molecule has 0 saturated carbocycles. The predicted octanol–water partition coefficient (Wildman–Crippen LogP) is 4.80. The largest absolute Gasteiger partial charge is 0.416 e. The van der Waals surface area contributed by atoms with Crippen LogP contribution in [0.1, 0.15) is 23.6 Å². The van der Waals surface area contributed by atoms with E-state index in [1.807, 2.05) is 0 Å². The summed E-state index contributed by atoms with van der Waals surface area (Å²) in [5.74, 6) is -0.874. The maximum atomic E-state index is 13.6. The molecule has 1 aromatic heterocycles. The molecule has 1 aliphatic heterocycles. The van der Waals surface area contributed by atoms with E-state index in [0.29, 0.717) is 11.3 Å². The Hall–Kier alpha value is -4.09. The SMILES string of the molecule is CC(=O)Nc1ccc(S(=O)(=O)N2C/C(=C\c3ccncc3)C(=O)/C(=C/c3ccccc3C(F)(F)F)C2)cc1. The van der Waals surface area contributed by atoms with Gasteiger partial charge < -0.3 is 5.32 Å². The van der Waals surface area contributed by atoms with Crippen molar-refractivity contribution in [2.75, 3.05) is 18.4 Å². The molecule has 4 rings (SSSR count). The molecule has 38 heavy (non-hydrogen) atoms. The summed E-state index contributed by atoms with van der Waals surface area (Å²) in [6, 6.07) is 13.5. The predicted molar refractivity (Wildman–Crippen MR) is 136 cm³/mol. The van der Waals surface area contributed by atoms with Gasteiger partial charge >= 0.3 is 6.18 Å². The molecule has 11 heteroatoms. The number of aromatic nitrogens is 1. The highest BCUT2D eigenvalue weighted by Crippen LogP contribution is 2.34. The van der Waals surface area contributed by atoms with Gasteiger partial charge in [0.2, 0.25) is 15.9 Å². The number of carbonyl (C=O) groups excluding carboxylic acids is 2. The average molecular weight is 542 g/mol. The van der Waals surface area contributed by atoms with Crippen molar-refractivity contribution < 1.29 is 31.2 Å². The standard InChI is InChI=1S/C27H22F3N3O4S/c1-18(34)32-23-6-8-24(9-7-23)38(36,37)33-16-21(14-19-10-12-31-13-11-19)26(35)22(17-33)15-20-4-2-3-5-25(20)27(28,29)30/h2-15H,16-17H2,1H3,(H,32,34)/b21-14+,22-15+. The zero-order valence-corrected chi connectivity index (χ0v) is 20.9. The number of hydrogen-bond acceptors (Lipinski definition) is 5. The van der Waals surface area contributed by atoms with Gasteiger partial charge in [0.25, 0.3) is 0 Å². The van der Waals surface area contributed by atoms with Crippen LogP contribution in [0.15, 0.2) is 89.1 Å². The summed E-state index contributed by atoms with van der Waals surface area (Å²) in [6.45, 7) is 0.612. The van der Waals surface area contributed by atoms with Gasteiger partial charge in [-0.2, -0.15) is 17.5 Å². The van der Waals surface area contributed by atoms with Crippen molar-refractivity contribution in [3.63, 3.8) is 0 Å². The van der Waals surface area contributed by atoms with Crippen LogP contribution < -0.4 is 5.32 Å². The number of anilines is 1. The molecule has 0 atom stereocenters. The lowest BCUT2D eigenvalue weighted by Gasteiger charge is -2.29. The number of Topliss-reactive ketones (excluding diaryl/α,β-unsaturated/α-hetero) is 1. The van der Waals surface area contributed by atoms with E-state index in [2.05, 4.69) is 10.3 Å². The first-order valence-corrected chi connectivity index (χ1v) is 12.8. The molecule has 1 amide bonds. The number of alkyl halides is 3. The van der Waals surface area contributed by atoms with E-state index in [0.717, 1.165) is 16.4 Å². The molecule has 0 spiro atoms. The molecular weight excluding hydrogens is 519 g/mol. The highest BCUT2D eigenvalue weighted by atomic mass is 32.2. The van der Waals surface area contributed by atoms with E-state index in [4.69, 9.17) is 0 Å². The summed E-state index contributed by atoms with van der Waals surface area (Å²) in [6.07, 6.45) is 0.924. The fraction of sp³-hybridized carbons (Fsp3) is 0.148. The van der Waals surface area contributed by atoms with Crippen molar-refractivity contribution in [2.24, 2.45) is 0 Å². The Bertz CT molecular complexity index is 1530. The number of amides is 1. The second-order valence-corrected chi connectivity index (χ2v) is 10.5. The fourth-order valence-corrected chi connectivity index (χ4v) is 5.37. The van der Waals surface area contributed by atoms with Gasteiger partial charge in [-0.15, -0.1) is 0 Å². The highest BCUT2D eigenvalue weighted by Gasteiger charge is 2.36. The van der Waals surface area contributed by atoms with Crippen molar-refractivity contribution in [2.45, 2.75) is 18.0 Å². The second kappa shape index (κ2) is 10.7. The Kier molecular flexibility index (Phi) is 7.61. The van der Waals surface area contributed by atoms with Gasteiger partial charge in [-0.3, -0.25) is 14.6 Å². The second-order valence-electron chi connectivity index (χ2n) is 8.51. The summed E-state index contributed by atoms with van der Waals surface area (Å²) in [4.78, 5) is 28.4. The molecule has 196 valence electrons. The summed E-state index contributed by atoms with van der Waals surface area (Å²) in [5, 5.41) is 2.55. The maximum Gasteiger partial charge on any atom is 0.416 e. The Balaban J connectivity index is 1.78. The number of carbonyl (C=O) groups is 2. The molecular formula is C27H22F3N3O4S. The number of piperidine rings is 1. The number of hydrogen-bond donors (Lipinski definition) is 1. The Morgan fingerprint density at radius 3 is 2.16 bits per heavy atom. The molecule has 1 aliphatic rings. The Labute approximate surface area is 217 Å². The summed E-state index contributed by atoms with van der Waals surface area (Å²) >= 11 is 0. The van der Waals surface area contributed by atoms with E-state index in [1.54, 1.807) is 12.1 Å². The molecule has 0 bridgehead atoms. The van der Waals surface area contributed by atoms with Crippen LogP contribution >= 0.6 is 0 Å². The molecule has 0 radical (unpaired) electrons. The fourth-order valence-electron chi connectivity index (χ4n) is 3.97. The normalized spacial score (nSPS) is 17.1. The number of nitrogens with zero attached hydrogens (tertiary/aromatic N) is 2. The Morgan fingerprint density at radius 2 is 1.55 bits per heavy atom. The Morgan fingerprint density at radius 1 is 0.947 bits per heavy atom. The van der Waals surface area contributed by atoms with E-state index >= 15 is 0 Å². The van der Waals surface area contributed by atoms with Crippen LogP contribution in [0.25, 0.3) is 12.2 Å². The molecule has 2 heterocycles. The van der Waals surface area contributed by atoms with E-state index in [9.17, 15) is 31.2 Å². The van der Waals surface area contributed by atoms with E-state index < -0.39 is 34.1 Å². The highest BCUT2D eigenvalue weighted by molar-refractivity contribution is 7.89. The molecule has 1 N–H and O–H groups in total. The number of nitrogens with one attached hydrogen (secondary N) is 1. The average Bonchev–Trinajstić information content (AvgIpc) is 2.86. The monoisotopic (exact) mass is 541 g/mol. The molecule has 3 aromatic rings. The zero-order valence-electron chi connectivity index (χ0n) is 20.1. The quantitative estimate of drug-likeness (QED) is 0.468. The maximum absolute atomic E-state index is 13.6. The third-order valence-corrected chi connectivity index (χ3v) is 7.54. The topological polar surface area (TPSA) is 96.4 Å². The number of rotatable bonds is 5. The van der Waals surface area contributed by atoms with Gasteiger partial charge in [0.15, 0.2) is 5.78 Å². The van der Waals surface area contributed by atoms with Gasteiger partial charge in [0.05, 0.1) is 10.5 Å². The van der Waals surface area contributed by atoms with E-state index in [-0.39, 0.29) is 34.1 Å². The lowest BCUT2D eigenvalue weighted by molar-refractivity contribution is -0.137. The minimum absolute atomic E-state index is 0.0941. The number of benzene rings is 2. The first-order valence-electron chi connectivity index (χ1n) is 11.3. The van der Waals surface area contributed by atoms with Crippen molar-refractivity contribution in [1.29, 1.82) is 0 Å². The molecule has 7 nitrogen and oxygen atoms in total. The van der Waals surface area contributed by atoms with Crippen LogP contribution in [-0.2, 0) is 25.8 Å². The van der Waals surface area contributed by atoms with Crippen LogP contribution in [0.4, 0.5) is 18.9 Å². The number of ketones is 1. The minimum atomic E-state index is -4.66. The lowest BCUT2D eigenvalue weighted by atomic mass is 9.94. The van der Waals surface area contributed by atoms with E-state index in [1.165, 1.54) is 67.9 Å². The van der Waals surface area contributed by atoms with Gasteiger partial charge in [-0.25, -0.2) is 8.42 Å². The molecule has 1 saturated heterocycles. The minimum Gasteiger partial charge on any atom is -0.326 e. The molecule has 0 aliphatic carbocycles. The van der Waals surface area contributed by atoms with Gasteiger partial charge in [0, 0.05) is 49.2 Å². The molecule has 2 aromatic carbocycles. The number of pyridine rings is 1. The van der Waals surface area contributed by atoms with Crippen molar-refractivity contribution in [1.82, 2.24) is 9.29 Å². The van der Waals surface area contributed by atoms with Crippen molar-refractivity contribution >= 4 is 39.6 Å². The van der Waals surface area contributed by atoms with Crippen molar-refractivity contribution in [3.8, 4) is 0 Å². The zero-order chi connectivity index (χ0) is 27.5. The molecule has 1 fully saturated rings. The van der Waals surface area contributed by atoms with Crippen LogP contribution in [0, 0.1) is 0 Å². The van der Waals surface area contributed by atoms with Gasteiger partial charge in [-0.05, 0) is 65.7 Å². The summed E-state index contributed by atoms with van der Waals surface area (Å²) in [7, 11) is -4.17. The van der Waals surface area contributed by atoms with Crippen LogP contribution in [0.2, 0.25) is 0 Å². The third kappa shape index (κ3) is 6.06. The van der Waals surface area contributed by atoms with Crippen LogP contribution in [0.5, 0.6) is 0 Å². The van der Waals surface area contributed by atoms with Gasteiger partial charge in [0.1, 0.15) is 0 Å².